The van der Waals surface area contributed by atoms with Gasteiger partial charge in [-0.15, -0.1) is 0 Å². The van der Waals surface area contributed by atoms with Crippen molar-refractivity contribution in [2.24, 2.45) is 17.8 Å². The highest BCUT2D eigenvalue weighted by molar-refractivity contribution is 7.93. The van der Waals surface area contributed by atoms with E-state index in [1.165, 1.54) is 54.7 Å². The molecule has 0 unspecified atom stereocenters. The van der Waals surface area contributed by atoms with Gasteiger partial charge in [0.2, 0.25) is 17.7 Å². The third-order valence-corrected chi connectivity index (χ3v) is 19.0. The van der Waals surface area contributed by atoms with Crippen LogP contribution in [0, 0.1) is 23.6 Å². The number of halogens is 1. The van der Waals surface area contributed by atoms with E-state index in [0.717, 1.165) is 80.3 Å². The van der Waals surface area contributed by atoms with Gasteiger partial charge in [-0.3, -0.25) is 28.9 Å². The minimum Gasteiger partial charge on any atom is -0.493 e. The number of carbonyl (C=O) groups excluding carboxylic acids is 4. The number of likely N-dealkylation sites (N-methyl/N-ethyl adjacent to an activating group) is 1. The number of pyridine rings is 1. The average Bonchev–Trinajstić information content (AvgIpc) is 4.33. The van der Waals surface area contributed by atoms with Crippen LogP contribution < -0.4 is 30.7 Å². The molecule has 2 aromatic heterocycles. The number of nitrogens with one attached hydrogen (secondary N) is 5. The molecule has 4 atom stereocenters. The lowest BCUT2D eigenvalue weighted by Crippen LogP contribution is -2.47. The zero-order chi connectivity index (χ0) is 56.7. The second-order valence-electron chi connectivity index (χ2n) is 22.1. The predicted octanol–water partition coefficient (Wildman–Crippen LogP) is 8.43. The lowest BCUT2D eigenvalue weighted by molar-refractivity contribution is -0.128. The van der Waals surface area contributed by atoms with E-state index in [4.69, 9.17) is 14.2 Å². The van der Waals surface area contributed by atoms with E-state index in [1.807, 2.05) is 48.5 Å². The Morgan fingerprint density at radius 1 is 0.802 bits per heavy atom. The van der Waals surface area contributed by atoms with Crippen molar-refractivity contribution in [2.45, 2.75) is 119 Å². The third kappa shape index (κ3) is 16.1. The number of fused-ring (bicyclic) bond motifs is 1. The second-order valence-corrected chi connectivity index (χ2v) is 24.8. The van der Waals surface area contributed by atoms with E-state index in [0.29, 0.717) is 81.3 Å². The largest absolute Gasteiger partial charge is 0.493 e. The zero-order valence-electron chi connectivity index (χ0n) is 46.5. The number of hydrogen-bond donors (Lipinski definition) is 5. The van der Waals surface area contributed by atoms with Crippen molar-refractivity contribution >= 4 is 66.0 Å². The number of benzene rings is 3. The molecule has 1 saturated heterocycles. The van der Waals surface area contributed by atoms with Crippen LogP contribution in [0.25, 0.3) is 10.2 Å². The van der Waals surface area contributed by atoms with Gasteiger partial charge < -0.3 is 45.3 Å². The van der Waals surface area contributed by atoms with Crippen molar-refractivity contribution in [3.8, 4) is 5.75 Å². The van der Waals surface area contributed by atoms with Crippen molar-refractivity contribution < 1.29 is 46.2 Å². The Morgan fingerprint density at radius 2 is 1.53 bits per heavy atom. The third-order valence-electron chi connectivity index (χ3n) is 16.5. The first-order chi connectivity index (χ1) is 39.3. The summed E-state index contributed by atoms with van der Waals surface area (Å²) in [5.41, 5.74) is 3.72. The molecule has 4 amide bonds. The molecule has 3 saturated carbocycles. The van der Waals surface area contributed by atoms with Gasteiger partial charge >= 0.3 is 0 Å². The summed E-state index contributed by atoms with van der Waals surface area (Å²) in [6, 6.07) is 21.0. The van der Waals surface area contributed by atoms with Gasteiger partial charge in [0.05, 0.1) is 55.2 Å². The molecule has 0 radical (unpaired) electrons. The monoisotopic (exact) mass is 1150 g/mol. The van der Waals surface area contributed by atoms with Crippen molar-refractivity contribution in [1.82, 2.24) is 35.7 Å². The Kier molecular flexibility index (Phi) is 21.0. The van der Waals surface area contributed by atoms with Crippen LogP contribution in [0.4, 0.5) is 15.2 Å². The highest BCUT2D eigenvalue weighted by atomic mass is 32.2. The number of ether oxygens (including phenoxy) is 3. The summed E-state index contributed by atoms with van der Waals surface area (Å²) in [7, 11) is -0.458. The van der Waals surface area contributed by atoms with Crippen LogP contribution in [-0.4, -0.2) is 137 Å². The molecule has 4 aliphatic rings. The van der Waals surface area contributed by atoms with Gasteiger partial charge in [0.15, 0.2) is 5.13 Å². The van der Waals surface area contributed by atoms with Gasteiger partial charge in [-0.25, -0.2) is 17.8 Å². The van der Waals surface area contributed by atoms with Crippen molar-refractivity contribution in [3.05, 3.63) is 108 Å². The normalized spacial score (nSPS) is 21.5. The molecule has 3 aliphatic carbocycles. The maximum absolute atomic E-state index is 15.7. The minimum atomic E-state index is -4.26. The van der Waals surface area contributed by atoms with Crippen LogP contribution in [0.15, 0.2) is 90.1 Å². The molecule has 436 valence electrons. The molecule has 5 N–H and O–H groups in total. The van der Waals surface area contributed by atoms with Gasteiger partial charge in [-0.1, -0.05) is 55.2 Å². The quantitative estimate of drug-likeness (QED) is 0.0312. The highest BCUT2D eigenvalue weighted by Crippen LogP contribution is 2.38. The Bertz CT molecular complexity index is 3010. The summed E-state index contributed by atoms with van der Waals surface area (Å²) >= 11 is 1.18. The van der Waals surface area contributed by atoms with Gasteiger partial charge in [0.1, 0.15) is 16.5 Å². The molecule has 3 heterocycles. The summed E-state index contributed by atoms with van der Waals surface area (Å²) in [4.78, 5) is 63.5. The number of likely N-dealkylation sites (tertiary alicyclic amines) is 1. The Morgan fingerprint density at radius 3 is 2.27 bits per heavy atom. The zero-order valence-corrected chi connectivity index (χ0v) is 48.2. The topological polar surface area (TPSA) is 223 Å². The molecular formula is C60H78FN9O9S2. The molecule has 3 aromatic carbocycles. The summed E-state index contributed by atoms with van der Waals surface area (Å²) in [6.45, 7) is 3.94. The summed E-state index contributed by atoms with van der Waals surface area (Å²) in [6.07, 6.45) is 16.5. The van der Waals surface area contributed by atoms with Crippen LogP contribution in [0.1, 0.15) is 123 Å². The first-order valence-corrected chi connectivity index (χ1v) is 31.2. The van der Waals surface area contributed by atoms with Crippen LogP contribution in [-0.2, 0) is 33.9 Å². The lowest BCUT2D eigenvalue weighted by atomic mass is 9.78. The van der Waals surface area contributed by atoms with E-state index in [9.17, 15) is 27.6 Å². The molecule has 18 nitrogen and oxygen atoms in total. The standard InChI is InChI=1S/C60H78FN9O9S2/c1-69(52-13-6-5-12-50(52)66-46-22-25-54(49(61)35-46)81(75,76)68-60-67-51-24-23-47(36-53(51)80-60)79-39-40-9-3-4-10-40)30-8-27-63-57(72)43-18-14-41(15-19-43)42-16-20-44(21-17-42)58(73)64-28-31-77-33-34-78-32-29-65-59(74)48-37-55(71)70(2)56(48)45-11-7-26-62-38-45/h7,11,16-17,20-26,35-36,38,40-41,43,48,50,52,56,66H,3-6,8-10,12-15,18-19,27-34,37,39H2,1-2H3,(H,63,72)(H,64,73)(H,65,74)(H,67,68)/t41?,43?,48-,50-,52-,56+/m0/s1. The highest BCUT2D eigenvalue weighted by Gasteiger charge is 2.43. The van der Waals surface area contributed by atoms with E-state index >= 15 is 4.39 Å². The molecule has 0 spiro atoms. The van der Waals surface area contributed by atoms with Gasteiger partial charge in [0, 0.05) is 74.7 Å². The Labute approximate surface area is 479 Å². The van der Waals surface area contributed by atoms with Gasteiger partial charge in [-0.2, -0.15) is 0 Å². The van der Waals surface area contributed by atoms with E-state index in [-0.39, 0.29) is 59.2 Å². The molecule has 9 rings (SSSR count). The number of aromatic nitrogens is 2. The number of thiazole rings is 1. The minimum absolute atomic E-state index is 0.0351. The SMILES string of the molecule is CN(CCCNC(=O)C1CCC(c2ccc(C(=O)NCCOCCOCCNC(=O)[C@H]3CC(=O)N(C)[C@@H]3c3cccnc3)cc2)CC1)[C@H]1CCCC[C@@H]1Nc1ccc(S(=O)(=O)Nc2nc3ccc(OCC4CCCC4)cc3s2)c(F)c1. The van der Waals surface area contributed by atoms with Crippen LogP contribution in [0.3, 0.4) is 0 Å². The number of sulfonamides is 1. The van der Waals surface area contributed by atoms with E-state index in [2.05, 4.69) is 47.9 Å². The molecular weight excluding hydrogens is 1070 g/mol. The van der Waals surface area contributed by atoms with Gasteiger partial charge in [-0.05, 0) is 149 Å². The average molecular weight is 1150 g/mol. The predicted molar refractivity (Wildman–Crippen MR) is 310 cm³/mol. The summed E-state index contributed by atoms with van der Waals surface area (Å²) in [5.74, 6) is -0.125. The molecule has 1 aliphatic heterocycles. The van der Waals surface area contributed by atoms with Crippen LogP contribution in [0.2, 0.25) is 0 Å². The number of hydrogen-bond acceptors (Lipinski definition) is 14. The summed E-state index contributed by atoms with van der Waals surface area (Å²) in [5, 5.41) is 12.6. The number of anilines is 2. The fourth-order valence-electron chi connectivity index (χ4n) is 12.0. The number of rotatable bonds is 27. The maximum atomic E-state index is 15.7. The van der Waals surface area contributed by atoms with Gasteiger partial charge in [0.25, 0.3) is 15.9 Å². The number of carbonyl (C=O) groups is 4. The van der Waals surface area contributed by atoms with E-state index < -0.39 is 26.7 Å². The molecule has 5 aromatic rings. The maximum Gasteiger partial charge on any atom is 0.266 e. The smallest absolute Gasteiger partial charge is 0.266 e. The fraction of sp³-hybridized carbons (Fsp3) is 0.533. The molecule has 81 heavy (non-hydrogen) atoms. The Balaban J connectivity index is 0.620. The van der Waals surface area contributed by atoms with Crippen molar-refractivity contribution in [3.63, 3.8) is 0 Å². The van der Waals surface area contributed by atoms with Crippen molar-refractivity contribution in [1.29, 1.82) is 0 Å². The molecule has 4 fully saturated rings. The first kappa shape index (κ1) is 59.4. The fourth-order valence-corrected chi connectivity index (χ4v) is 14.2. The molecule has 0 bridgehead atoms. The first-order valence-electron chi connectivity index (χ1n) is 28.9. The Hall–Kier alpha value is -6.26. The lowest BCUT2D eigenvalue weighted by Gasteiger charge is -2.39. The summed E-state index contributed by atoms with van der Waals surface area (Å²) < 4.78 is 63.0. The second kappa shape index (κ2) is 28.6. The van der Waals surface area contributed by atoms with Crippen LogP contribution in [0.5, 0.6) is 5.75 Å². The van der Waals surface area contributed by atoms with Crippen molar-refractivity contribution in [2.75, 3.05) is 83.3 Å². The number of nitrogens with zero attached hydrogens (tertiary/aromatic N) is 4. The van der Waals surface area contributed by atoms with Crippen LogP contribution >= 0.6 is 11.3 Å². The molecule has 21 heteroatoms. The number of amides is 4. The van der Waals surface area contributed by atoms with E-state index in [1.54, 1.807) is 36.5 Å².